The summed E-state index contributed by atoms with van der Waals surface area (Å²) >= 11 is 0. The van der Waals surface area contributed by atoms with Crippen molar-refractivity contribution in [2.75, 3.05) is 13.2 Å². The van der Waals surface area contributed by atoms with E-state index in [0.29, 0.717) is 13.2 Å². The number of hydrogen-bond acceptors (Lipinski definition) is 2. The number of hydrogen-bond donors (Lipinski definition) is 2. The van der Waals surface area contributed by atoms with Crippen molar-refractivity contribution in [3.05, 3.63) is 0 Å². The van der Waals surface area contributed by atoms with Gasteiger partial charge in [-0.2, -0.15) is 0 Å². The van der Waals surface area contributed by atoms with Gasteiger partial charge in [0.15, 0.2) is 0 Å². The van der Waals surface area contributed by atoms with E-state index in [0.717, 1.165) is 32.1 Å². The van der Waals surface area contributed by atoms with Crippen molar-refractivity contribution in [1.82, 2.24) is 0 Å². The van der Waals surface area contributed by atoms with Gasteiger partial charge in [0.1, 0.15) is 0 Å². The zero-order valence-corrected chi connectivity index (χ0v) is 5.84. The van der Waals surface area contributed by atoms with Crippen molar-refractivity contribution in [1.29, 1.82) is 0 Å². The molecule has 0 radical (unpaired) electrons. The summed E-state index contributed by atoms with van der Waals surface area (Å²) in [6.45, 7) is 0.609. The quantitative estimate of drug-likeness (QED) is 0.440. The van der Waals surface area contributed by atoms with Gasteiger partial charge in [-0.3, -0.25) is 0 Å². The number of aliphatic hydroxyl groups is 2. The Kier molecular flexibility index (Phi) is 17.6. The van der Waals surface area contributed by atoms with E-state index >= 15 is 0 Å². The first-order chi connectivity index (χ1) is 4.41. The summed E-state index contributed by atoms with van der Waals surface area (Å²) in [7, 11) is 0. The van der Waals surface area contributed by atoms with Gasteiger partial charge in [0.25, 0.3) is 0 Å². The zero-order chi connectivity index (χ0) is 6.95. The molecule has 0 aromatic carbocycles. The molecule has 10 heavy (non-hydrogen) atoms. The Hall–Kier alpha value is 1.18. The number of aliphatic hydroxyl groups excluding tert-OH is 2. The van der Waals surface area contributed by atoms with Crippen LogP contribution in [0.5, 0.6) is 0 Å². The van der Waals surface area contributed by atoms with Crippen LogP contribution in [-0.4, -0.2) is 61.2 Å². The molecule has 0 aliphatic carbocycles. The minimum atomic E-state index is 0. The van der Waals surface area contributed by atoms with Gasteiger partial charge >= 0.3 is 37.7 Å². The van der Waals surface area contributed by atoms with Crippen molar-refractivity contribution in [2.45, 2.75) is 32.1 Å². The molecule has 2 N–H and O–H groups in total. The maximum absolute atomic E-state index is 8.37. The molecule has 0 spiro atoms. The topological polar surface area (TPSA) is 40.5 Å². The molecular weight excluding hydrogens is 156 g/mol. The van der Waals surface area contributed by atoms with Gasteiger partial charge in [-0.25, -0.2) is 0 Å². The normalized spacial score (nSPS) is 9.00. The first-order valence-corrected chi connectivity index (χ1v) is 3.63. The molecule has 0 atom stereocenters. The standard InChI is InChI=1S/C7H16O2.Ca.2H/c8-6-4-2-1-3-5-7-9;;;/h8-9H,1-7H2;;;. The monoisotopic (exact) mass is 174 g/mol. The molecule has 0 aliphatic rings. The Labute approximate surface area is 92.6 Å². The Morgan fingerprint density at radius 3 is 1.20 bits per heavy atom. The fourth-order valence-electron chi connectivity index (χ4n) is 0.754. The summed E-state index contributed by atoms with van der Waals surface area (Å²) in [5.74, 6) is 0. The van der Waals surface area contributed by atoms with Crippen LogP contribution in [0.3, 0.4) is 0 Å². The Bertz CT molecular complexity index is 44.9. The Morgan fingerprint density at radius 2 is 0.900 bits per heavy atom. The van der Waals surface area contributed by atoms with E-state index in [2.05, 4.69) is 0 Å². The second kappa shape index (κ2) is 12.8. The molecule has 0 unspecified atom stereocenters. The van der Waals surface area contributed by atoms with Crippen molar-refractivity contribution in [2.24, 2.45) is 0 Å². The first-order valence-electron chi connectivity index (χ1n) is 3.63. The Morgan fingerprint density at radius 1 is 0.600 bits per heavy atom. The molecule has 0 aromatic rings. The first kappa shape index (κ1) is 13.7. The third-order valence-corrected chi connectivity index (χ3v) is 1.32. The third kappa shape index (κ3) is 11.9. The van der Waals surface area contributed by atoms with E-state index in [9.17, 15) is 0 Å². The van der Waals surface area contributed by atoms with Crippen LogP contribution in [0, 0.1) is 0 Å². The van der Waals surface area contributed by atoms with Gasteiger partial charge < -0.3 is 10.2 Å². The summed E-state index contributed by atoms with van der Waals surface area (Å²) in [6, 6.07) is 0. The van der Waals surface area contributed by atoms with Gasteiger partial charge in [-0.15, -0.1) is 0 Å². The fraction of sp³-hybridized carbons (Fsp3) is 1.00. The summed E-state index contributed by atoms with van der Waals surface area (Å²) in [6.07, 6.45) is 5.14. The average Bonchev–Trinajstić information content (AvgIpc) is 1.89. The van der Waals surface area contributed by atoms with E-state index in [1.54, 1.807) is 0 Å². The van der Waals surface area contributed by atoms with Crippen LogP contribution in [-0.2, 0) is 0 Å². The molecule has 0 heterocycles. The number of rotatable bonds is 6. The minimum absolute atomic E-state index is 0. The molecule has 2 nitrogen and oxygen atoms in total. The SMILES string of the molecule is OCCCCCCCO.[CaH2]. The van der Waals surface area contributed by atoms with Crippen molar-refractivity contribution < 1.29 is 10.2 Å². The predicted octanol–water partition coefficient (Wildman–Crippen LogP) is 0.00530. The van der Waals surface area contributed by atoms with E-state index in [1.165, 1.54) is 0 Å². The van der Waals surface area contributed by atoms with Crippen molar-refractivity contribution in [3.8, 4) is 0 Å². The van der Waals surface area contributed by atoms with Crippen LogP contribution >= 0.6 is 0 Å². The van der Waals surface area contributed by atoms with Crippen LogP contribution in [0.25, 0.3) is 0 Å². The molecule has 0 aromatic heterocycles. The second-order valence-corrected chi connectivity index (χ2v) is 2.21. The summed E-state index contributed by atoms with van der Waals surface area (Å²) in [5.41, 5.74) is 0. The summed E-state index contributed by atoms with van der Waals surface area (Å²) < 4.78 is 0. The van der Waals surface area contributed by atoms with Crippen LogP contribution in [0.4, 0.5) is 0 Å². The molecule has 3 heteroatoms. The van der Waals surface area contributed by atoms with E-state index in [4.69, 9.17) is 10.2 Å². The van der Waals surface area contributed by atoms with Crippen LogP contribution in [0.15, 0.2) is 0 Å². The van der Waals surface area contributed by atoms with Gasteiger partial charge in [-0.05, 0) is 12.8 Å². The molecule has 0 rings (SSSR count). The number of unbranched alkanes of at least 4 members (excludes halogenated alkanes) is 4. The fourth-order valence-corrected chi connectivity index (χ4v) is 0.754. The molecule has 0 amide bonds. The van der Waals surface area contributed by atoms with E-state index in [-0.39, 0.29) is 37.7 Å². The van der Waals surface area contributed by atoms with Crippen LogP contribution < -0.4 is 0 Å². The summed E-state index contributed by atoms with van der Waals surface area (Å²) in [5, 5.41) is 16.7. The maximum atomic E-state index is 8.37. The van der Waals surface area contributed by atoms with Crippen LogP contribution in [0.2, 0.25) is 0 Å². The van der Waals surface area contributed by atoms with Gasteiger partial charge in [0, 0.05) is 13.2 Å². The average molecular weight is 174 g/mol. The second-order valence-electron chi connectivity index (χ2n) is 2.21. The molecule has 60 valence electrons. The van der Waals surface area contributed by atoms with E-state index < -0.39 is 0 Å². The molecular formula is C7H18CaO2. The van der Waals surface area contributed by atoms with Crippen molar-refractivity contribution >= 4 is 37.7 Å². The van der Waals surface area contributed by atoms with Gasteiger partial charge in [-0.1, -0.05) is 19.3 Å². The van der Waals surface area contributed by atoms with Crippen LogP contribution in [0.1, 0.15) is 32.1 Å². The molecule has 0 saturated carbocycles. The third-order valence-electron chi connectivity index (χ3n) is 1.32. The van der Waals surface area contributed by atoms with Gasteiger partial charge in [0.2, 0.25) is 0 Å². The zero-order valence-electron chi connectivity index (χ0n) is 5.84. The van der Waals surface area contributed by atoms with Gasteiger partial charge in [0.05, 0.1) is 0 Å². The molecule has 0 aliphatic heterocycles. The van der Waals surface area contributed by atoms with Crippen molar-refractivity contribution in [3.63, 3.8) is 0 Å². The predicted molar refractivity (Wildman–Crippen MR) is 45.8 cm³/mol. The van der Waals surface area contributed by atoms with E-state index in [1.807, 2.05) is 0 Å². The molecule has 0 fully saturated rings. The Balaban J connectivity index is 0. The molecule has 0 saturated heterocycles. The summed E-state index contributed by atoms with van der Waals surface area (Å²) in [4.78, 5) is 0. The molecule has 0 bridgehead atoms.